The summed E-state index contributed by atoms with van der Waals surface area (Å²) in [6, 6.07) is 3.81. The Morgan fingerprint density at radius 1 is 1.62 bits per heavy atom. The highest BCUT2D eigenvalue weighted by atomic mass is 16.5. The molecule has 21 heavy (non-hydrogen) atoms. The fourth-order valence-corrected chi connectivity index (χ4v) is 2.94. The van der Waals surface area contributed by atoms with Crippen molar-refractivity contribution in [3.05, 3.63) is 30.4 Å². The van der Waals surface area contributed by atoms with Gasteiger partial charge in [0.15, 0.2) is 5.78 Å². The number of rotatable bonds is 3. The molecule has 0 aliphatic carbocycles. The van der Waals surface area contributed by atoms with Crippen molar-refractivity contribution in [2.45, 2.75) is 32.2 Å². The molecule has 0 fully saturated rings. The fraction of sp³-hybridized carbons (Fsp3) is 0.375. The molecule has 0 bridgehead atoms. The standard InChI is InChI=1S/C16H19N3O2/c1-3-5-12-6-4-7-21-14-9-11(10(2)20)8-13-15(14)19(12)16(17)18-13/h3,8-9,12H,1,4-7H2,2H3,(H2,17,18). The second-order valence-electron chi connectivity index (χ2n) is 5.41. The van der Waals surface area contributed by atoms with E-state index in [9.17, 15) is 4.79 Å². The maximum atomic E-state index is 11.7. The number of allylic oxidation sites excluding steroid dienone is 1. The van der Waals surface area contributed by atoms with Crippen molar-refractivity contribution in [2.75, 3.05) is 12.3 Å². The van der Waals surface area contributed by atoms with E-state index < -0.39 is 0 Å². The molecule has 0 saturated carbocycles. The van der Waals surface area contributed by atoms with Gasteiger partial charge in [-0.1, -0.05) is 6.08 Å². The van der Waals surface area contributed by atoms with Crippen LogP contribution < -0.4 is 10.5 Å². The van der Waals surface area contributed by atoms with E-state index in [1.165, 1.54) is 6.92 Å². The molecule has 0 spiro atoms. The van der Waals surface area contributed by atoms with Crippen LogP contribution in [0.4, 0.5) is 5.95 Å². The van der Waals surface area contributed by atoms with Crippen LogP contribution >= 0.6 is 0 Å². The largest absolute Gasteiger partial charge is 0.491 e. The van der Waals surface area contributed by atoms with Gasteiger partial charge in [0.25, 0.3) is 0 Å². The van der Waals surface area contributed by atoms with E-state index in [0.29, 0.717) is 29.4 Å². The van der Waals surface area contributed by atoms with E-state index in [0.717, 1.165) is 24.8 Å². The van der Waals surface area contributed by atoms with Crippen LogP contribution in [0.15, 0.2) is 24.8 Å². The maximum Gasteiger partial charge on any atom is 0.201 e. The zero-order valence-electron chi connectivity index (χ0n) is 12.1. The number of carbonyl (C=O) groups is 1. The van der Waals surface area contributed by atoms with E-state index >= 15 is 0 Å². The van der Waals surface area contributed by atoms with Crippen LogP contribution in [-0.4, -0.2) is 21.9 Å². The summed E-state index contributed by atoms with van der Waals surface area (Å²) in [6.07, 6.45) is 4.64. The lowest BCUT2D eigenvalue weighted by Crippen LogP contribution is -2.16. The van der Waals surface area contributed by atoms with Crippen molar-refractivity contribution in [1.82, 2.24) is 9.55 Å². The van der Waals surface area contributed by atoms with Gasteiger partial charge in [-0.2, -0.15) is 0 Å². The van der Waals surface area contributed by atoms with Crippen LogP contribution in [0.2, 0.25) is 0 Å². The molecule has 1 atom stereocenters. The number of nitrogens with two attached hydrogens (primary N) is 1. The predicted octanol–water partition coefficient (Wildman–Crippen LogP) is 3.11. The Kier molecular flexibility index (Phi) is 3.41. The zero-order valence-corrected chi connectivity index (χ0v) is 12.1. The second-order valence-corrected chi connectivity index (χ2v) is 5.41. The van der Waals surface area contributed by atoms with Crippen LogP contribution in [-0.2, 0) is 0 Å². The van der Waals surface area contributed by atoms with Crippen LogP contribution in [0, 0.1) is 0 Å². The number of ether oxygens (including phenoxy) is 1. The Hall–Kier alpha value is -2.30. The molecule has 1 unspecified atom stereocenters. The molecule has 0 radical (unpaired) electrons. The van der Waals surface area contributed by atoms with Crippen LogP contribution in [0.1, 0.15) is 42.6 Å². The minimum absolute atomic E-state index is 0.00503. The van der Waals surface area contributed by atoms with Crippen molar-refractivity contribution in [3.8, 4) is 5.75 Å². The summed E-state index contributed by atoms with van der Waals surface area (Å²) in [6.45, 7) is 6.00. The average molecular weight is 285 g/mol. The summed E-state index contributed by atoms with van der Waals surface area (Å²) in [4.78, 5) is 16.1. The van der Waals surface area contributed by atoms with E-state index in [1.54, 1.807) is 12.1 Å². The van der Waals surface area contributed by atoms with E-state index in [2.05, 4.69) is 11.6 Å². The molecule has 1 aromatic heterocycles. The lowest BCUT2D eigenvalue weighted by molar-refractivity contribution is 0.101. The summed E-state index contributed by atoms with van der Waals surface area (Å²) in [7, 11) is 0. The Morgan fingerprint density at radius 2 is 2.43 bits per heavy atom. The first-order chi connectivity index (χ1) is 10.1. The number of hydrogen-bond acceptors (Lipinski definition) is 4. The van der Waals surface area contributed by atoms with Gasteiger partial charge in [-0.3, -0.25) is 4.79 Å². The van der Waals surface area contributed by atoms with Crippen LogP contribution in [0.3, 0.4) is 0 Å². The molecule has 1 aliphatic heterocycles. The van der Waals surface area contributed by atoms with Gasteiger partial charge in [0.2, 0.25) is 5.95 Å². The fourth-order valence-electron chi connectivity index (χ4n) is 2.94. The minimum atomic E-state index is -0.00503. The molecule has 5 heteroatoms. The molecule has 1 aromatic carbocycles. The number of ketones is 1. The molecule has 110 valence electrons. The highest BCUT2D eigenvalue weighted by Crippen LogP contribution is 2.36. The zero-order chi connectivity index (χ0) is 15.0. The highest BCUT2D eigenvalue weighted by Gasteiger charge is 2.23. The smallest absolute Gasteiger partial charge is 0.201 e. The predicted molar refractivity (Wildman–Crippen MR) is 82.7 cm³/mol. The molecule has 0 saturated heterocycles. The van der Waals surface area contributed by atoms with Crippen molar-refractivity contribution in [3.63, 3.8) is 0 Å². The Balaban J connectivity index is 2.28. The van der Waals surface area contributed by atoms with Gasteiger partial charge < -0.3 is 15.0 Å². The van der Waals surface area contributed by atoms with Crippen molar-refractivity contribution >= 4 is 22.8 Å². The summed E-state index contributed by atoms with van der Waals surface area (Å²) < 4.78 is 7.86. The van der Waals surface area contributed by atoms with Gasteiger partial charge in [0, 0.05) is 11.6 Å². The van der Waals surface area contributed by atoms with Gasteiger partial charge in [-0.15, -0.1) is 6.58 Å². The SMILES string of the molecule is C=CCC1CCCOc2cc(C(C)=O)cc3nc(N)n1c23. The third-order valence-electron chi connectivity index (χ3n) is 3.93. The van der Waals surface area contributed by atoms with Crippen LogP contribution in [0.25, 0.3) is 11.0 Å². The van der Waals surface area contributed by atoms with Crippen molar-refractivity contribution in [2.24, 2.45) is 0 Å². The highest BCUT2D eigenvalue weighted by molar-refractivity contribution is 5.99. The molecule has 2 N–H and O–H groups in total. The third kappa shape index (κ3) is 2.28. The molecular weight excluding hydrogens is 266 g/mol. The molecular formula is C16H19N3O2. The Labute approximate surface area is 123 Å². The van der Waals surface area contributed by atoms with Gasteiger partial charge in [-0.05, 0) is 38.3 Å². The third-order valence-corrected chi connectivity index (χ3v) is 3.93. The number of Topliss-reactive ketones (excluding diaryl/α,β-unsaturated/α-hetero) is 1. The topological polar surface area (TPSA) is 70.1 Å². The first kappa shape index (κ1) is 13.7. The minimum Gasteiger partial charge on any atom is -0.491 e. The molecule has 2 heterocycles. The first-order valence-electron chi connectivity index (χ1n) is 7.18. The average Bonchev–Trinajstić information content (AvgIpc) is 2.75. The number of carbonyl (C=O) groups excluding carboxylic acids is 1. The van der Waals surface area contributed by atoms with Gasteiger partial charge in [0.1, 0.15) is 11.3 Å². The summed E-state index contributed by atoms with van der Waals surface area (Å²) in [5.74, 6) is 1.15. The molecule has 2 aromatic rings. The quantitative estimate of drug-likeness (QED) is 0.695. The van der Waals surface area contributed by atoms with Crippen molar-refractivity contribution < 1.29 is 9.53 Å². The Morgan fingerprint density at radius 3 is 3.14 bits per heavy atom. The lowest BCUT2D eigenvalue weighted by Gasteiger charge is -2.23. The summed E-state index contributed by atoms with van der Waals surface area (Å²) >= 11 is 0. The van der Waals surface area contributed by atoms with E-state index in [-0.39, 0.29) is 11.8 Å². The maximum absolute atomic E-state index is 11.7. The Bertz CT molecular complexity index is 718. The number of nitrogens with zero attached hydrogens (tertiary/aromatic N) is 2. The number of benzene rings is 1. The number of imidazole rings is 1. The summed E-state index contributed by atoms with van der Waals surface area (Å²) in [5.41, 5.74) is 8.30. The molecule has 0 amide bonds. The number of anilines is 1. The first-order valence-corrected chi connectivity index (χ1v) is 7.18. The molecule has 1 aliphatic rings. The monoisotopic (exact) mass is 285 g/mol. The van der Waals surface area contributed by atoms with Gasteiger partial charge >= 0.3 is 0 Å². The van der Waals surface area contributed by atoms with Gasteiger partial charge in [-0.25, -0.2) is 4.98 Å². The molecule has 3 rings (SSSR count). The van der Waals surface area contributed by atoms with Crippen molar-refractivity contribution in [1.29, 1.82) is 0 Å². The second kappa shape index (κ2) is 5.24. The van der Waals surface area contributed by atoms with E-state index in [4.69, 9.17) is 10.5 Å². The number of nitrogen functional groups attached to an aromatic ring is 1. The lowest BCUT2D eigenvalue weighted by atomic mass is 10.1. The van der Waals surface area contributed by atoms with Crippen LogP contribution in [0.5, 0.6) is 5.75 Å². The number of aromatic nitrogens is 2. The number of hydrogen-bond donors (Lipinski definition) is 1. The van der Waals surface area contributed by atoms with E-state index in [1.807, 2.05) is 10.6 Å². The summed E-state index contributed by atoms with van der Waals surface area (Å²) in [5, 5.41) is 0. The normalized spacial score (nSPS) is 17.9. The molecule has 5 nitrogen and oxygen atoms in total. The van der Waals surface area contributed by atoms with Gasteiger partial charge in [0.05, 0.1) is 12.1 Å².